The zero-order chi connectivity index (χ0) is 13.9. The minimum atomic E-state index is 0.768. The molecule has 2 heterocycles. The second-order valence-corrected chi connectivity index (χ2v) is 7.33. The Morgan fingerprint density at radius 1 is 1.15 bits per heavy atom. The lowest BCUT2D eigenvalue weighted by molar-refractivity contribution is 0.161. The van der Waals surface area contributed by atoms with Crippen molar-refractivity contribution < 1.29 is 0 Å². The van der Waals surface area contributed by atoms with Gasteiger partial charge in [-0.2, -0.15) is 0 Å². The molecule has 2 saturated heterocycles. The Hall–Kier alpha value is -0.0900. The molecule has 1 aromatic rings. The molecule has 1 aromatic carbocycles. The molecule has 0 aromatic heterocycles. The highest BCUT2D eigenvalue weighted by atomic mass is 79.9. The summed E-state index contributed by atoms with van der Waals surface area (Å²) in [6.07, 6.45) is 5.50. The van der Waals surface area contributed by atoms with Crippen LogP contribution in [-0.2, 0) is 6.54 Å². The van der Waals surface area contributed by atoms with Crippen LogP contribution in [0.4, 0.5) is 0 Å². The molecule has 4 heteroatoms. The fourth-order valence-corrected chi connectivity index (χ4v) is 4.16. The zero-order valence-electron chi connectivity index (χ0n) is 11.8. The first kappa shape index (κ1) is 14.8. The summed E-state index contributed by atoms with van der Waals surface area (Å²) in [5.41, 5.74) is 1.24. The fourth-order valence-electron chi connectivity index (χ4n) is 3.43. The predicted molar refractivity (Wildman–Crippen MR) is 88.3 cm³/mol. The normalized spacial score (nSPS) is 25.2. The first-order valence-electron chi connectivity index (χ1n) is 7.63. The highest BCUT2D eigenvalue weighted by Gasteiger charge is 2.28. The summed E-state index contributed by atoms with van der Waals surface area (Å²) in [5.74, 6) is 0. The maximum absolute atomic E-state index is 6.33. The van der Waals surface area contributed by atoms with Crippen LogP contribution in [0.3, 0.4) is 0 Å². The van der Waals surface area contributed by atoms with Gasteiger partial charge in [0.25, 0.3) is 0 Å². The van der Waals surface area contributed by atoms with E-state index in [-0.39, 0.29) is 0 Å². The van der Waals surface area contributed by atoms with Crippen LogP contribution in [0.15, 0.2) is 22.7 Å². The van der Waals surface area contributed by atoms with E-state index in [9.17, 15) is 0 Å². The fraction of sp³-hybridized carbons (Fsp3) is 0.625. The Bertz CT molecular complexity index is 460. The van der Waals surface area contributed by atoms with Crippen LogP contribution in [0.5, 0.6) is 0 Å². The van der Waals surface area contributed by atoms with Crippen molar-refractivity contribution in [3.63, 3.8) is 0 Å². The number of piperidine rings is 1. The predicted octanol–water partition coefficient (Wildman–Crippen LogP) is 4.16. The van der Waals surface area contributed by atoms with Gasteiger partial charge in [-0.3, -0.25) is 9.80 Å². The molecule has 2 fully saturated rings. The van der Waals surface area contributed by atoms with Gasteiger partial charge in [0, 0.05) is 35.2 Å². The first-order valence-corrected chi connectivity index (χ1v) is 8.80. The van der Waals surface area contributed by atoms with Crippen molar-refractivity contribution in [2.24, 2.45) is 0 Å². The summed E-state index contributed by atoms with van der Waals surface area (Å²) in [5, 5.41) is 0.876. The molecule has 0 aliphatic carbocycles. The van der Waals surface area contributed by atoms with Crippen LogP contribution >= 0.6 is 27.5 Å². The van der Waals surface area contributed by atoms with Crippen LogP contribution in [-0.4, -0.2) is 42.0 Å². The third-order valence-corrected chi connectivity index (χ3v) is 5.41. The molecule has 110 valence electrons. The topological polar surface area (TPSA) is 6.48 Å². The number of likely N-dealkylation sites (tertiary alicyclic amines) is 2. The smallest absolute Gasteiger partial charge is 0.0462 e. The van der Waals surface area contributed by atoms with Gasteiger partial charge in [0.1, 0.15) is 0 Å². The summed E-state index contributed by atoms with van der Waals surface area (Å²) in [4.78, 5) is 5.25. The third-order valence-electron chi connectivity index (χ3n) is 4.56. The molecular formula is C16H22BrClN2. The van der Waals surface area contributed by atoms with Crippen molar-refractivity contribution in [2.45, 2.75) is 38.3 Å². The van der Waals surface area contributed by atoms with Gasteiger partial charge in [-0.25, -0.2) is 0 Å². The molecule has 0 bridgehead atoms. The molecule has 1 atom stereocenters. The third kappa shape index (κ3) is 3.56. The van der Waals surface area contributed by atoms with E-state index in [2.05, 4.69) is 37.9 Å². The summed E-state index contributed by atoms with van der Waals surface area (Å²) >= 11 is 9.79. The Labute approximate surface area is 135 Å². The average Bonchev–Trinajstić information content (AvgIpc) is 2.92. The van der Waals surface area contributed by atoms with E-state index < -0.39 is 0 Å². The Morgan fingerprint density at radius 3 is 2.70 bits per heavy atom. The largest absolute Gasteiger partial charge is 0.299 e. The van der Waals surface area contributed by atoms with Crippen molar-refractivity contribution in [3.8, 4) is 0 Å². The highest BCUT2D eigenvalue weighted by Crippen LogP contribution is 2.26. The molecule has 0 amide bonds. The lowest BCUT2D eigenvalue weighted by atomic mass is 10.1. The molecule has 0 saturated carbocycles. The number of nitrogens with zero attached hydrogens (tertiary/aromatic N) is 2. The van der Waals surface area contributed by atoms with E-state index in [0.717, 1.165) is 22.1 Å². The molecule has 2 aliphatic heterocycles. The van der Waals surface area contributed by atoms with Gasteiger partial charge in [-0.1, -0.05) is 40.0 Å². The van der Waals surface area contributed by atoms with E-state index >= 15 is 0 Å². The number of hydrogen-bond donors (Lipinski definition) is 0. The van der Waals surface area contributed by atoms with Gasteiger partial charge < -0.3 is 0 Å². The lowest BCUT2D eigenvalue weighted by Gasteiger charge is -2.32. The van der Waals surface area contributed by atoms with E-state index in [0.29, 0.717) is 0 Å². The first-order chi connectivity index (χ1) is 9.72. The van der Waals surface area contributed by atoms with Crippen molar-refractivity contribution >= 4 is 27.5 Å². The Morgan fingerprint density at radius 2 is 1.95 bits per heavy atom. The minimum Gasteiger partial charge on any atom is -0.299 e. The summed E-state index contributed by atoms with van der Waals surface area (Å²) in [7, 11) is 0. The van der Waals surface area contributed by atoms with Crippen molar-refractivity contribution in [2.75, 3.05) is 26.2 Å². The van der Waals surface area contributed by atoms with Crippen LogP contribution in [0.25, 0.3) is 0 Å². The van der Waals surface area contributed by atoms with Crippen LogP contribution in [0.1, 0.15) is 31.2 Å². The zero-order valence-corrected chi connectivity index (χ0v) is 14.2. The summed E-state index contributed by atoms with van der Waals surface area (Å²) in [6.45, 7) is 5.99. The van der Waals surface area contributed by atoms with Gasteiger partial charge in [0.2, 0.25) is 0 Å². The molecular weight excluding hydrogens is 336 g/mol. The standard InChI is InChI=1S/C16H22BrClN2/c17-14-5-4-13(16(18)10-14)11-19-9-6-15(12-19)20-7-2-1-3-8-20/h4-5,10,15H,1-3,6-9,11-12H2. The van der Waals surface area contributed by atoms with E-state index in [1.807, 2.05) is 6.07 Å². The molecule has 0 radical (unpaired) electrons. The van der Waals surface area contributed by atoms with E-state index in [4.69, 9.17) is 11.6 Å². The molecule has 3 rings (SSSR count). The number of benzene rings is 1. The van der Waals surface area contributed by atoms with Crippen LogP contribution in [0, 0.1) is 0 Å². The van der Waals surface area contributed by atoms with Crippen molar-refractivity contribution in [3.05, 3.63) is 33.3 Å². The number of hydrogen-bond acceptors (Lipinski definition) is 2. The van der Waals surface area contributed by atoms with Gasteiger partial charge in [-0.15, -0.1) is 0 Å². The highest BCUT2D eigenvalue weighted by molar-refractivity contribution is 9.10. The monoisotopic (exact) mass is 356 g/mol. The quantitative estimate of drug-likeness (QED) is 0.801. The molecule has 2 aliphatic rings. The maximum atomic E-state index is 6.33. The minimum absolute atomic E-state index is 0.768. The van der Waals surface area contributed by atoms with Gasteiger partial charge in [0.15, 0.2) is 0 Å². The number of rotatable bonds is 3. The average molecular weight is 358 g/mol. The summed E-state index contributed by atoms with van der Waals surface area (Å²) < 4.78 is 1.05. The number of halogens is 2. The molecule has 2 nitrogen and oxygen atoms in total. The van der Waals surface area contributed by atoms with Crippen LogP contribution < -0.4 is 0 Å². The van der Waals surface area contributed by atoms with Crippen molar-refractivity contribution in [1.29, 1.82) is 0 Å². The van der Waals surface area contributed by atoms with Gasteiger partial charge in [-0.05, 0) is 50.0 Å². The second-order valence-electron chi connectivity index (χ2n) is 6.01. The molecule has 0 N–H and O–H groups in total. The Kier molecular flexibility index (Phi) is 5.03. The molecule has 0 spiro atoms. The van der Waals surface area contributed by atoms with E-state index in [1.165, 1.54) is 57.4 Å². The Balaban J connectivity index is 1.57. The van der Waals surface area contributed by atoms with Gasteiger partial charge >= 0.3 is 0 Å². The maximum Gasteiger partial charge on any atom is 0.0462 e. The molecule has 20 heavy (non-hydrogen) atoms. The lowest BCUT2D eigenvalue weighted by Crippen LogP contribution is -2.40. The SMILES string of the molecule is Clc1cc(Br)ccc1CN1CCC(N2CCCCC2)C1. The van der Waals surface area contributed by atoms with E-state index in [1.54, 1.807) is 0 Å². The van der Waals surface area contributed by atoms with Crippen LogP contribution in [0.2, 0.25) is 5.02 Å². The summed E-state index contributed by atoms with van der Waals surface area (Å²) in [6, 6.07) is 6.99. The van der Waals surface area contributed by atoms with Crippen molar-refractivity contribution in [1.82, 2.24) is 9.80 Å². The van der Waals surface area contributed by atoms with Gasteiger partial charge in [0.05, 0.1) is 0 Å². The molecule has 1 unspecified atom stereocenters. The second kappa shape index (κ2) is 6.78.